The van der Waals surface area contributed by atoms with Crippen LogP contribution in [0.4, 0.5) is 9.18 Å². The van der Waals surface area contributed by atoms with Gasteiger partial charge in [0.25, 0.3) is 5.91 Å². The van der Waals surface area contributed by atoms with Gasteiger partial charge in [0.15, 0.2) is 11.5 Å². The third-order valence-corrected chi connectivity index (χ3v) is 3.95. The summed E-state index contributed by atoms with van der Waals surface area (Å²) in [5.41, 5.74) is -0.472. The molecule has 0 aromatic carbocycles. The highest BCUT2D eigenvalue weighted by Gasteiger charge is 2.24. The minimum atomic E-state index is -1.50. The Labute approximate surface area is 175 Å². The lowest BCUT2D eigenvalue weighted by atomic mass is 10.1. The smallest absolute Gasteiger partial charge is 0.326 e. The summed E-state index contributed by atoms with van der Waals surface area (Å²) in [6.45, 7) is 0.0870. The van der Waals surface area contributed by atoms with Crippen molar-refractivity contribution in [1.82, 2.24) is 26.1 Å². The molecule has 170 valence electrons. The number of carboxylic acids is 3. The van der Waals surface area contributed by atoms with E-state index in [1.165, 1.54) is 0 Å². The van der Waals surface area contributed by atoms with Crippen molar-refractivity contribution in [2.45, 2.75) is 44.2 Å². The van der Waals surface area contributed by atoms with Crippen molar-refractivity contribution in [3.8, 4) is 0 Å². The molecule has 14 heteroatoms. The summed E-state index contributed by atoms with van der Waals surface area (Å²) >= 11 is 0. The van der Waals surface area contributed by atoms with Gasteiger partial charge in [-0.2, -0.15) is 5.10 Å². The summed E-state index contributed by atoms with van der Waals surface area (Å²) < 4.78 is 13.4. The average Bonchev–Trinajstić information content (AvgIpc) is 2.69. The number of amides is 3. The second-order valence-corrected chi connectivity index (χ2v) is 6.31. The molecule has 3 amide bonds. The third kappa shape index (κ3) is 9.47. The molecular weight excluding hydrogens is 421 g/mol. The molecule has 0 aliphatic rings. The Morgan fingerprint density at radius 2 is 1.58 bits per heavy atom. The zero-order valence-corrected chi connectivity index (χ0v) is 16.2. The van der Waals surface area contributed by atoms with Crippen LogP contribution in [0.25, 0.3) is 0 Å². The summed E-state index contributed by atoms with van der Waals surface area (Å²) in [6.07, 6.45) is 0.738. The number of carbonyl (C=O) groups excluding carboxylic acids is 2. The van der Waals surface area contributed by atoms with E-state index in [1.54, 1.807) is 0 Å². The molecule has 0 spiro atoms. The Balaban J connectivity index is 2.43. The van der Waals surface area contributed by atoms with Crippen LogP contribution in [0.15, 0.2) is 12.3 Å². The van der Waals surface area contributed by atoms with Gasteiger partial charge in [-0.05, 0) is 31.7 Å². The van der Waals surface area contributed by atoms with Crippen LogP contribution in [0, 0.1) is 5.82 Å². The van der Waals surface area contributed by atoms with E-state index in [9.17, 15) is 33.5 Å². The first kappa shape index (κ1) is 25.2. The monoisotopic (exact) mass is 443 g/mol. The number of aromatic nitrogens is 2. The number of hydrogen-bond donors (Lipinski definition) is 6. The van der Waals surface area contributed by atoms with E-state index in [-0.39, 0.29) is 25.8 Å². The van der Waals surface area contributed by atoms with Gasteiger partial charge in [-0.15, -0.1) is 5.10 Å². The number of nitrogens with one attached hydrogen (secondary N) is 3. The first-order chi connectivity index (χ1) is 14.6. The fourth-order valence-electron chi connectivity index (χ4n) is 2.37. The largest absolute Gasteiger partial charge is 0.481 e. The van der Waals surface area contributed by atoms with Crippen molar-refractivity contribution in [2.75, 3.05) is 6.54 Å². The van der Waals surface area contributed by atoms with Crippen molar-refractivity contribution in [1.29, 1.82) is 0 Å². The van der Waals surface area contributed by atoms with Gasteiger partial charge >= 0.3 is 23.9 Å². The molecule has 0 radical (unpaired) electrons. The van der Waals surface area contributed by atoms with Crippen molar-refractivity contribution < 1.29 is 43.7 Å². The summed E-state index contributed by atoms with van der Waals surface area (Å²) in [4.78, 5) is 56.6. The first-order valence-electron chi connectivity index (χ1n) is 9.11. The van der Waals surface area contributed by atoms with E-state index in [2.05, 4.69) is 20.8 Å². The summed E-state index contributed by atoms with van der Waals surface area (Å²) in [7, 11) is 0. The van der Waals surface area contributed by atoms with Crippen LogP contribution in [-0.4, -0.2) is 74.0 Å². The van der Waals surface area contributed by atoms with Crippen LogP contribution in [0.1, 0.15) is 42.6 Å². The van der Waals surface area contributed by atoms with Crippen molar-refractivity contribution in [3.63, 3.8) is 0 Å². The van der Waals surface area contributed by atoms with Gasteiger partial charge in [0.2, 0.25) is 0 Å². The predicted molar refractivity (Wildman–Crippen MR) is 99.6 cm³/mol. The lowest BCUT2D eigenvalue weighted by Crippen LogP contribution is -2.51. The number of urea groups is 1. The quantitative estimate of drug-likeness (QED) is 0.217. The average molecular weight is 443 g/mol. The Bertz CT molecular complexity index is 821. The molecule has 0 unspecified atom stereocenters. The van der Waals surface area contributed by atoms with E-state index in [1.807, 2.05) is 5.32 Å². The van der Waals surface area contributed by atoms with Gasteiger partial charge in [0, 0.05) is 13.0 Å². The second kappa shape index (κ2) is 12.7. The van der Waals surface area contributed by atoms with Crippen LogP contribution in [-0.2, 0) is 14.4 Å². The molecule has 1 heterocycles. The molecule has 0 fully saturated rings. The van der Waals surface area contributed by atoms with E-state index >= 15 is 0 Å². The van der Waals surface area contributed by atoms with Crippen molar-refractivity contribution in [3.05, 3.63) is 23.8 Å². The predicted octanol–water partition coefficient (Wildman–Crippen LogP) is -0.414. The van der Waals surface area contributed by atoms with Crippen LogP contribution in [0.2, 0.25) is 0 Å². The lowest BCUT2D eigenvalue weighted by molar-refractivity contribution is -0.140. The van der Waals surface area contributed by atoms with Crippen molar-refractivity contribution >= 4 is 29.8 Å². The second-order valence-electron chi connectivity index (χ2n) is 6.31. The highest BCUT2D eigenvalue weighted by atomic mass is 19.1. The summed E-state index contributed by atoms with van der Waals surface area (Å²) in [5.74, 6) is -5.68. The zero-order chi connectivity index (χ0) is 23.4. The molecule has 0 saturated carbocycles. The molecule has 0 bridgehead atoms. The number of halogens is 1. The molecule has 31 heavy (non-hydrogen) atoms. The SMILES string of the molecule is O=C(O)CC[C@H](NC(=O)N[C@@H](CCCCNC(=O)c1nnccc1F)C(=O)O)C(=O)O. The molecule has 0 saturated heterocycles. The molecule has 1 aromatic heterocycles. The highest BCUT2D eigenvalue weighted by Crippen LogP contribution is 2.04. The molecule has 1 aromatic rings. The Kier molecular flexibility index (Phi) is 10.3. The number of nitrogens with zero attached hydrogens (tertiary/aromatic N) is 2. The maximum absolute atomic E-state index is 13.4. The van der Waals surface area contributed by atoms with Gasteiger partial charge in [0.1, 0.15) is 12.1 Å². The standard InChI is InChI=1S/C17H22FN5O8/c18-9-6-8-20-23-13(9)14(26)19-7-2-1-3-10(15(27)28)21-17(31)22-11(16(29)30)4-5-12(24)25/h6,8,10-11H,1-5,7H2,(H,19,26)(H,24,25)(H,27,28)(H,29,30)(H2,21,22,31)/t10-,11-/m0/s1. The molecule has 1 rings (SSSR count). The van der Waals surface area contributed by atoms with E-state index in [0.29, 0.717) is 6.42 Å². The van der Waals surface area contributed by atoms with Gasteiger partial charge in [-0.1, -0.05) is 0 Å². The molecule has 2 atom stereocenters. The third-order valence-electron chi connectivity index (χ3n) is 3.95. The summed E-state index contributed by atoms with van der Waals surface area (Å²) in [6, 6.07) is -2.94. The number of unbranched alkanes of at least 4 members (excludes halogenated alkanes) is 1. The van der Waals surface area contributed by atoms with Crippen LogP contribution < -0.4 is 16.0 Å². The Morgan fingerprint density at radius 1 is 0.968 bits per heavy atom. The molecule has 6 N–H and O–H groups in total. The van der Waals surface area contributed by atoms with Crippen LogP contribution >= 0.6 is 0 Å². The topological polar surface area (TPSA) is 208 Å². The fraction of sp³-hybridized carbons (Fsp3) is 0.471. The lowest BCUT2D eigenvalue weighted by Gasteiger charge is -2.18. The van der Waals surface area contributed by atoms with Gasteiger partial charge in [-0.3, -0.25) is 9.59 Å². The maximum atomic E-state index is 13.4. The summed E-state index contributed by atoms with van der Waals surface area (Å²) in [5, 5.41) is 40.1. The van der Waals surface area contributed by atoms with Crippen LogP contribution in [0.3, 0.4) is 0 Å². The number of aliphatic carboxylic acids is 3. The molecule has 0 aliphatic heterocycles. The van der Waals surface area contributed by atoms with Crippen LogP contribution in [0.5, 0.6) is 0 Å². The highest BCUT2D eigenvalue weighted by molar-refractivity contribution is 5.92. The number of rotatable bonds is 13. The van der Waals surface area contributed by atoms with E-state index < -0.39 is 59.9 Å². The number of carbonyl (C=O) groups is 5. The fourth-order valence-corrected chi connectivity index (χ4v) is 2.37. The normalized spacial score (nSPS) is 12.3. The number of hydrogen-bond acceptors (Lipinski definition) is 7. The Morgan fingerprint density at radius 3 is 2.13 bits per heavy atom. The molecule has 13 nitrogen and oxygen atoms in total. The van der Waals surface area contributed by atoms with E-state index in [0.717, 1.165) is 12.3 Å². The number of carboxylic acid groups (broad SMARTS) is 3. The molecular formula is C17H22FN5O8. The van der Waals surface area contributed by atoms with Crippen molar-refractivity contribution in [2.24, 2.45) is 0 Å². The first-order valence-corrected chi connectivity index (χ1v) is 9.11. The molecule has 0 aliphatic carbocycles. The zero-order valence-electron chi connectivity index (χ0n) is 16.2. The minimum Gasteiger partial charge on any atom is -0.481 e. The maximum Gasteiger partial charge on any atom is 0.326 e. The van der Waals surface area contributed by atoms with Gasteiger partial charge < -0.3 is 31.3 Å². The Hall–Kier alpha value is -3.84. The van der Waals surface area contributed by atoms with Gasteiger partial charge in [0.05, 0.1) is 6.20 Å². The minimum absolute atomic E-state index is 0.0367. The van der Waals surface area contributed by atoms with E-state index in [4.69, 9.17) is 10.2 Å². The van der Waals surface area contributed by atoms with Gasteiger partial charge in [-0.25, -0.2) is 18.8 Å².